The summed E-state index contributed by atoms with van der Waals surface area (Å²) in [6.07, 6.45) is 1.02. The van der Waals surface area contributed by atoms with E-state index in [0.717, 1.165) is 30.9 Å². The number of hydrogen-bond donors (Lipinski definition) is 2. The third-order valence-corrected chi connectivity index (χ3v) is 3.59. The number of carbonyl (C=O) groups excluding carboxylic acids is 1. The zero-order valence-electron chi connectivity index (χ0n) is 11.8. The molecule has 0 aromatic carbocycles. The summed E-state index contributed by atoms with van der Waals surface area (Å²) in [5, 5.41) is 0. The van der Waals surface area contributed by atoms with Crippen LogP contribution in [0.5, 0.6) is 0 Å². The lowest BCUT2D eigenvalue weighted by Gasteiger charge is -2.37. The molecule has 2 rings (SSSR count). The molecule has 1 aromatic heterocycles. The van der Waals surface area contributed by atoms with Crippen molar-refractivity contribution in [3.63, 3.8) is 0 Å². The van der Waals surface area contributed by atoms with E-state index in [2.05, 4.69) is 16.8 Å². The van der Waals surface area contributed by atoms with E-state index >= 15 is 0 Å². The molecule has 1 amide bonds. The van der Waals surface area contributed by atoms with Crippen LogP contribution in [0, 0.1) is 19.8 Å². The van der Waals surface area contributed by atoms with Gasteiger partial charge in [0.15, 0.2) is 0 Å². The molecule has 1 fully saturated rings. The van der Waals surface area contributed by atoms with Crippen molar-refractivity contribution >= 4 is 11.6 Å². The van der Waals surface area contributed by atoms with Gasteiger partial charge in [-0.25, -0.2) is 0 Å². The van der Waals surface area contributed by atoms with Crippen LogP contribution in [0.2, 0.25) is 0 Å². The molecule has 2 atom stereocenters. The Labute approximate surface area is 114 Å². The molecule has 5 heteroatoms. The topological polar surface area (TPSA) is 85.2 Å². The fraction of sp³-hybridized carbons (Fsp3) is 0.571. The van der Waals surface area contributed by atoms with Crippen LogP contribution < -0.4 is 16.4 Å². The molecule has 0 bridgehead atoms. The number of nitrogens with zero attached hydrogens (tertiary/aromatic N) is 2. The van der Waals surface area contributed by atoms with Gasteiger partial charge >= 0.3 is 0 Å². The summed E-state index contributed by atoms with van der Waals surface area (Å²) in [7, 11) is 0. The second kappa shape index (κ2) is 5.17. The molecule has 0 radical (unpaired) electrons. The molecule has 1 aliphatic heterocycles. The molecule has 1 aliphatic rings. The first-order chi connectivity index (χ1) is 8.88. The summed E-state index contributed by atoms with van der Waals surface area (Å²) in [6.45, 7) is 7.58. The lowest BCUT2D eigenvalue weighted by Crippen LogP contribution is -2.47. The van der Waals surface area contributed by atoms with Gasteiger partial charge in [-0.2, -0.15) is 0 Å². The van der Waals surface area contributed by atoms with Crippen molar-refractivity contribution in [2.45, 2.75) is 33.2 Å². The Morgan fingerprint density at radius 2 is 2.11 bits per heavy atom. The van der Waals surface area contributed by atoms with E-state index in [-0.39, 0.29) is 6.04 Å². The van der Waals surface area contributed by atoms with Gasteiger partial charge in [-0.05, 0) is 32.3 Å². The first-order valence-corrected chi connectivity index (χ1v) is 6.67. The SMILES string of the molecule is Cc1cc(N2CC(C)CC(N)C2)c(C(N)=O)c(C)n1. The van der Waals surface area contributed by atoms with Crippen molar-refractivity contribution < 1.29 is 4.79 Å². The van der Waals surface area contributed by atoms with E-state index in [9.17, 15) is 4.79 Å². The van der Waals surface area contributed by atoms with E-state index in [1.807, 2.05) is 19.9 Å². The average molecular weight is 262 g/mol. The molecule has 2 unspecified atom stereocenters. The summed E-state index contributed by atoms with van der Waals surface area (Å²) in [4.78, 5) is 18.2. The monoisotopic (exact) mass is 262 g/mol. The second-order valence-electron chi connectivity index (χ2n) is 5.61. The van der Waals surface area contributed by atoms with Crippen LogP contribution in [-0.2, 0) is 0 Å². The number of piperidine rings is 1. The third-order valence-electron chi connectivity index (χ3n) is 3.59. The number of aromatic nitrogens is 1. The Morgan fingerprint density at radius 1 is 1.42 bits per heavy atom. The molecular formula is C14H22N4O. The van der Waals surface area contributed by atoms with Crippen molar-refractivity contribution in [2.75, 3.05) is 18.0 Å². The number of hydrogen-bond acceptors (Lipinski definition) is 4. The number of anilines is 1. The van der Waals surface area contributed by atoms with Crippen molar-refractivity contribution in [3.05, 3.63) is 23.0 Å². The van der Waals surface area contributed by atoms with Gasteiger partial charge in [0.2, 0.25) is 0 Å². The number of aryl methyl sites for hydroxylation is 2. The smallest absolute Gasteiger partial charge is 0.252 e. The standard InChI is InChI=1S/C14H22N4O/c1-8-4-11(15)7-18(6-8)12-5-9(2)17-10(3)13(12)14(16)19/h5,8,11H,4,6-7,15H2,1-3H3,(H2,16,19). The first-order valence-electron chi connectivity index (χ1n) is 6.67. The number of nitrogens with two attached hydrogens (primary N) is 2. The Balaban J connectivity index is 2.45. The highest BCUT2D eigenvalue weighted by molar-refractivity contribution is 5.99. The number of pyridine rings is 1. The van der Waals surface area contributed by atoms with Crippen molar-refractivity contribution in [1.82, 2.24) is 4.98 Å². The zero-order chi connectivity index (χ0) is 14.2. The van der Waals surface area contributed by atoms with E-state index in [4.69, 9.17) is 11.5 Å². The largest absolute Gasteiger partial charge is 0.369 e. The Bertz CT molecular complexity index is 490. The van der Waals surface area contributed by atoms with E-state index in [1.54, 1.807) is 0 Å². The highest BCUT2D eigenvalue weighted by atomic mass is 16.1. The van der Waals surface area contributed by atoms with Crippen molar-refractivity contribution in [1.29, 1.82) is 0 Å². The van der Waals surface area contributed by atoms with E-state index in [1.165, 1.54) is 0 Å². The zero-order valence-corrected chi connectivity index (χ0v) is 11.8. The molecule has 0 aliphatic carbocycles. The van der Waals surface area contributed by atoms with Crippen molar-refractivity contribution in [3.8, 4) is 0 Å². The first kappa shape index (κ1) is 13.8. The maximum atomic E-state index is 11.7. The predicted octanol–water partition coefficient (Wildman–Crippen LogP) is 0.971. The van der Waals surface area contributed by atoms with Gasteiger partial charge in [-0.15, -0.1) is 0 Å². The minimum Gasteiger partial charge on any atom is -0.369 e. The van der Waals surface area contributed by atoms with Crippen LogP contribution in [-0.4, -0.2) is 30.0 Å². The number of rotatable bonds is 2. The summed E-state index contributed by atoms with van der Waals surface area (Å²) in [5.41, 5.74) is 14.6. The molecule has 2 heterocycles. The summed E-state index contributed by atoms with van der Waals surface area (Å²) < 4.78 is 0. The minimum atomic E-state index is -0.424. The normalized spacial score (nSPS) is 23.5. The minimum absolute atomic E-state index is 0.137. The van der Waals surface area contributed by atoms with Crippen LogP contribution in [0.15, 0.2) is 6.07 Å². The van der Waals surface area contributed by atoms with Gasteiger partial charge in [-0.3, -0.25) is 9.78 Å². The molecular weight excluding hydrogens is 240 g/mol. The molecule has 5 nitrogen and oxygen atoms in total. The Morgan fingerprint density at radius 3 is 2.68 bits per heavy atom. The Kier molecular flexibility index (Phi) is 3.75. The molecule has 4 N–H and O–H groups in total. The number of primary amides is 1. The quantitative estimate of drug-likeness (QED) is 0.831. The molecule has 0 saturated carbocycles. The molecule has 0 spiro atoms. The maximum absolute atomic E-state index is 11.7. The van der Waals surface area contributed by atoms with Gasteiger partial charge in [0.1, 0.15) is 0 Å². The van der Waals surface area contributed by atoms with Gasteiger partial charge < -0.3 is 16.4 Å². The predicted molar refractivity (Wildman–Crippen MR) is 76.2 cm³/mol. The Hall–Kier alpha value is -1.62. The molecule has 1 saturated heterocycles. The average Bonchev–Trinajstić information content (AvgIpc) is 2.25. The maximum Gasteiger partial charge on any atom is 0.252 e. The van der Waals surface area contributed by atoms with Gasteiger partial charge in [0.05, 0.1) is 16.9 Å². The van der Waals surface area contributed by atoms with E-state index < -0.39 is 5.91 Å². The summed E-state index contributed by atoms with van der Waals surface area (Å²) >= 11 is 0. The fourth-order valence-electron chi connectivity index (χ4n) is 2.96. The van der Waals surface area contributed by atoms with Crippen LogP contribution in [0.3, 0.4) is 0 Å². The van der Waals surface area contributed by atoms with Crippen LogP contribution in [0.1, 0.15) is 35.1 Å². The van der Waals surface area contributed by atoms with Crippen molar-refractivity contribution in [2.24, 2.45) is 17.4 Å². The van der Waals surface area contributed by atoms with Crippen LogP contribution >= 0.6 is 0 Å². The summed E-state index contributed by atoms with van der Waals surface area (Å²) in [5.74, 6) is 0.0880. The van der Waals surface area contributed by atoms with E-state index in [0.29, 0.717) is 17.2 Å². The van der Waals surface area contributed by atoms with Gasteiger partial charge in [0.25, 0.3) is 5.91 Å². The highest BCUT2D eigenvalue weighted by Gasteiger charge is 2.26. The number of carbonyl (C=O) groups is 1. The van der Waals surface area contributed by atoms with Crippen LogP contribution in [0.4, 0.5) is 5.69 Å². The lowest BCUT2D eigenvalue weighted by atomic mass is 9.95. The highest BCUT2D eigenvalue weighted by Crippen LogP contribution is 2.28. The second-order valence-corrected chi connectivity index (χ2v) is 5.61. The lowest BCUT2D eigenvalue weighted by molar-refractivity contribution is 0.0999. The molecule has 1 aromatic rings. The van der Waals surface area contributed by atoms with Gasteiger partial charge in [-0.1, -0.05) is 6.92 Å². The molecule has 104 valence electrons. The fourth-order valence-corrected chi connectivity index (χ4v) is 2.96. The number of amides is 1. The summed E-state index contributed by atoms with van der Waals surface area (Å²) in [6, 6.07) is 2.07. The third kappa shape index (κ3) is 2.87. The van der Waals surface area contributed by atoms with Crippen LogP contribution in [0.25, 0.3) is 0 Å². The molecule has 19 heavy (non-hydrogen) atoms. The van der Waals surface area contributed by atoms with Gasteiger partial charge in [0, 0.05) is 24.8 Å².